The van der Waals surface area contributed by atoms with Gasteiger partial charge in [0.25, 0.3) is 0 Å². The fourth-order valence-electron chi connectivity index (χ4n) is 0.938. The van der Waals surface area contributed by atoms with Crippen LogP contribution in [-0.2, 0) is 0 Å². The monoisotopic (exact) mass is 170 g/mol. The lowest BCUT2D eigenvalue weighted by atomic mass is 10.1. The number of urea groups is 1. The molecule has 0 bridgehead atoms. The van der Waals surface area contributed by atoms with Gasteiger partial charge in [0.2, 0.25) is 0 Å². The van der Waals surface area contributed by atoms with Crippen LogP contribution in [0.3, 0.4) is 0 Å². The van der Waals surface area contributed by atoms with Crippen molar-refractivity contribution in [1.82, 2.24) is 10.6 Å². The first-order chi connectivity index (χ1) is 5.68. The highest BCUT2D eigenvalue weighted by Crippen LogP contribution is 2.18. The molecule has 1 rings (SSSR count). The van der Waals surface area contributed by atoms with Crippen molar-refractivity contribution < 1.29 is 4.79 Å². The number of hydrogen-bond donors (Lipinski definition) is 2. The van der Waals surface area contributed by atoms with Crippen LogP contribution in [0.15, 0.2) is 0 Å². The number of amides is 2. The maximum absolute atomic E-state index is 11.1. The highest BCUT2D eigenvalue weighted by Gasteiger charge is 2.22. The van der Waals surface area contributed by atoms with Crippen LogP contribution in [0.5, 0.6) is 0 Å². The number of nitrogens with one attached hydrogen (secondary N) is 2. The van der Waals surface area contributed by atoms with Crippen LogP contribution in [-0.4, -0.2) is 18.6 Å². The average molecular weight is 170 g/mol. The maximum atomic E-state index is 11.1. The molecule has 70 valence electrons. The summed E-state index contributed by atoms with van der Waals surface area (Å²) in [6.07, 6.45) is 3.35. The molecule has 0 heterocycles. The summed E-state index contributed by atoms with van der Waals surface area (Å²) in [6, 6.07) is 0.460. The lowest BCUT2D eigenvalue weighted by molar-refractivity contribution is 0.240. The molecule has 0 aromatic rings. The molecule has 1 saturated carbocycles. The van der Waals surface area contributed by atoms with E-state index in [1.165, 1.54) is 0 Å². The highest BCUT2D eigenvalue weighted by atomic mass is 16.2. The van der Waals surface area contributed by atoms with Crippen LogP contribution in [0, 0.1) is 5.92 Å². The van der Waals surface area contributed by atoms with Gasteiger partial charge in [0.05, 0.1) is 0 Å². The molecular formula is C9H18N2O. The lowest BCUT2D eigenvalue weighted by Gasteiger charge is -2.07. The molecule has 2 N–H and O–H groups in total. The Morgan fingerprint density at radius 2 is 2.17 bits per heavy atom. The van der Waals surface area contributed by atoms with Gasteiger partial charge in [-0.1, -0.05) is 13.8 Å². The van der Waals surface area contributed by atoms with E-state index in [1.54, 1.807) is 0 Å². The average Bonchev–Trinajstić information content (AvgIpc) is 2.70. The summed E-state index contributed by atoms with van der Waals surface area (Å²) < 4.78 is 0. The first-order valence-electron chi connectivity index (χ1n) is 4.73. The Morgan fingerprint density at radius 1 is 1.50 bits per heavy atom. The molecule has 1 aliphatic carbocycles. The van der Waals surface area contributed by atoms with Gasteiger partial charge in [0, 0.05) is 12.6 Å². The molecule has 1 aliphatic rings. The van der Waals surface area contributed by atoms with E-state index in [4.69, 9.17) is 0 Å². The molecule has 0 saturated heterocycles. The molecule has 0 aliphatic heterocycles. The van der Waals surface area contributed by atoms with Crippen molar-refractivity contribution in [3.05, 3.63) is 0 Å². The zero-order chi connectivity index (χ0) is 8.97. The van der Waals surface area contributed by atoms with E-state index >= 15 is 0 Å². The Bertz CT molecular complexity index is 153. The molecule has 12 heavy (non-hydrogen) atoms. The maximum Gasteiger partial charge on any atom is 0.315 e. The lowest BCUT2D eigenvalue weighted by Crippen LogP contribution is -2.37. The quantitative estimate of drug-likeness (QED) is 0.659. The summed E-state index contributed by atoms with van der Waals surface area (Å²) in [5, 5.41) is 5.71. The van der Waals surface area contributed by atoms with Crippen molar-refractivity contribution in [3.63, 3.8) is 0 Å². The Labute approximate surface area is 73.9 Å². The van der Waals surface area contributed by atoms with Gasteiger partial charge in [-0.05, 0) is 25.2 Å². The van der Waals surface area contributed by atoms with Crippen LogP contribution < -0.4 is 10.6 Å². The molecule has 0 unspecified atom stereocenters. The van der Waals surface area contributed by atoms with Crippen molar-refractivity contribution in [2.75, 3.05) is 6.54 Å². The molecule has 0 aromatic heterocycles. The molecule has 0 atom stereocenters. The number of rotatable bonds is 4. The smallest absolute Gasteiger partial charge is 0.315 e. The molecule has 0 spiro atoms. The summed E-state index contributed by atoms with van der Waals surface area (Å²) in [7, 11) is 0. The van der Waals surface area contributed by atoms with Crippen LogP contribution >= 0.6 is 0 Å². The van der Waals surface area contributed by atoms with Crippen molar-refractivity contribution in [2.24, 2.45) is 5.92 Å². The first kappa shape index (κ1) is 9.36. The molecule has 1 fully saturated rings. The minimum Gasteiger partial charge on any atom is -0.338 e. The number of hydrogen-bond acceptors (Lipinski definition) is 1. The highest BCUT2D eigenvalue weighted by molar-refractivity contribution is 5.74. The summed E-state index contributed by atoms with van der Waals surface area (Å²) >= 11 is 0. The van der Waals surface area contributed by atoms with Gasteiger partial charge >= 0.3 is 6.03 Å². The van der Waals surface area contributed by atoms with E-state index in [0.717, 1.165) is 25.8 Å². The van der Waals surface area contributed by atoms with Gasteiger partial charge in [0.15, 0.2) is 0 Å². The normalized spacial score (nSPS) is 16.2. The topological polar surface area (TPSA) is 41.1 Å². The zero-order valence-corrected chi connectivity index (χ0v) is 7.89. The standard InChI is InChI=1S/C9H18N2O/c1-7(2)5-6-10-9(12)11-8-3-4-8/h7-8H,3-6H2,1-2H3,(H2,10,11,12). The molecule has 0 aromatic carbocycles. The van der Waals surface area contributed by atoms with Gasteiger partial charge < -0.3 is 10.6 Å². The Morgan fingerprint density at radius 3 is 2.67 bits per heavy atom. The van der Waals surface area contributed by atoms with Gasteiger partial charge in [-0.2, -0.15) is 0 Å². The largest absolute Gasteiger partial charge is 0.338 e. The zero-order valence-electron chi connectivity index (χ0n) is 7.89. The summed E-state index contributed by atoms with van der Waals surface area (Å²) in [6.45, 7) is 5.09. The van der Waals surface area contributed by atoms with E-state index < -0.39 is 0 Å². The third kappa shape index (κ3) is 4.21. The summed E-state index contributed by atoms with van der Waals surface area (Å²) in [4.78, 5) is 11.1. The third-order valence-electron chi connectivity index (χ3n) is 1.92. The second kappa shape index (κ2) is 4.33. The summed E-state index contributed by atoms with van der Waals surface area (Å²) in [5.41, 5.74) is 0. The molecule has 2 amide bonds. The van der Waals surface area contributed by atoms with Gasteiger partial charge in [-0.25, -0.2) is 4.79 Å². The Kier molecular flexibility index (Phi) is 3.38. The predicted molar refractivity (Wildman–Crippen MR) is 49.0 cm³/mol. The fourth-order valence-corrected chi connectivity index (χ4v) is 0.938. The predicted octanol–water partition coefficient (Wildman–Crippen LogP) is 1.49. The minimum atomic E-state index is -0.00171. The Balaban J connectivity index is 1.94. The van der Waals surface area contributed by atoms with Crippen LogP contribution in [0.25, 0.3) is 0 Å². The van der Waals surface area contributed by atoms with E-state index in [9.17, 15) is 4.79 Å². The van der Waals surface area contributed by atoms with Crippen LogP contribution in [0.2, 0.25) is 0 Å². The van der Waals surface area contributed by atoms with E-state index in [0.29, 0.717) is 12.0 Å². The molecular weight excluding hydrogens is 152 g/mol. The minimum absolute atomic E-state index is 0.00171. The van der Waals surface area contributed by atoms with Crippen molar-refractivity contribution in [3.8, 4) is 0 Å². The van der Waals surface area contributed by atoms with Crippen molar-refractivity contribution in [2.45, 2.75) is 39.2 Å². The van der Waals surface area contributed by atoms with E-state index in [2.05, 4.69) is 24.5 Å². The first-order valence-corrected chi connectivity index (χ1v) is 4.73. The fraction of sp³-hybridized carbons (Fsp3) is 0.889. The number of carbonyl (C=O) groups is 1. The van der Waals surface area contributed by atoms with Crippen molar-refractivity contribution in [1.29, 1.82) is 0 Å². The SMILES string of the molecule is CC(C)CCNC(=O)NC1CC1. The van der Waals surface area contributed by atoms with Gasteiger partial charge in [0.1, 0.15) is 0 Å². The second-order valence-corrected chi connectivity index (χ2v) is 3.86. The molecule has 3 heteroatoms. The third-order valence-corrected chi connectivity index (χ3v) is 1.92. The number of carbonyl (C=O) groups excluding carboxylic acids is 1. The van der Waals surface area contributed by atoms with E-state index in [-0.39, 0.29) is 6.03 Å². The second-order valence-electron chi connectivity index (χ2n) is 3.86. The van der Waals surface area contributed by atoms with E-state index in [1.807, 2.05) is 0 Å². The Hall–Kier alpha value is -0.730. The summed E-state index contributed by atoms with van der Waals surface area (Å²) in [5.74, 6) is 0.659. The van der Waals surface area contributed by atoms with Crippen LogP contribution in [0.4, 0.5) is 4.79 Å². The van der Waals surface area contributed by atoms with Gasteiger partial charge in [-0.15, -0.1) is 0 Å². The van der Waals surface area contributed by atoms with Crippen LogP contribution in [0.1, 0.15) is 33.1 Å². The molecule has 3 nitrogen and oxygen atoms in total. The molecule has 0 radical (unpaired) electrons. The van der Waals surface area contributed by atoms with Crippen molar-refractivity contribution >= 4 is 6.03 Å². The van der Waals surface area contributed by atoms with Gasteiger partial charge in [-0.3, -0.25) is 0 Å².